The van der Waals surface area contributed by atoms with E-state index in [9.17, 15) is 9.18 Å². The van der Waals surface area contributed by atoms with Gasteiger partial charge >= 0.3 is 6.03 Å². The molecule has 1 aromatic carbocycles. The average Bonchev–Trinajstić information content (AvgIpc) is 2.38. The Bertz CT molecular complexity index is 440. The Morgan fingerprint density at radius 1 is 1.45 bits per heavy atom. The van der Waals surface area contributed by atoms with Crippen LogP contribution in [0.15, 0.2) is 24.3 Å². The summed E-state index contributed by atoms with van der Waals surface area (Å²) in [4.78, 5) is 13.5. The van der Waals surface area contributed by atoms with Crippen molar-refractivity contribution in [2.75, 3.05) is 27.2 Å². The summed E-state index contributed by atoms with van der Waals surface area (Å²) in [6.07, 6.45) is 0. The number of benzene rings is 1. The third-order valence-electron chi connectivity index (χ3n) is 2.96. The molecule has 0 saturated carbocycles. The Morgan fingerprint density at radius 2 is 2.15 bits per heavy atom. The van der Waals surface area contributed by atoms with Crippen molar-refractivity contribution in [3.63, 3.8) is 0 Å². The molecular formula is C14H22FN3O2. The lowest BCUT2D eigenvalue weighted by molar-refractivity contribution is 0.215. The molecular weight excluding hydrogens is 261 g/mol. The molecule has 0 saturated heterocycles. The predicted octanol–water partition coefficient (Wildman–Crippen LogP) is 1.11. The summed E-state index contributed by atoms with van der Waals surface area (Å²) in [5.74, 6) is -0.298. The highest BCUT2D eigenvalue weighted by atomic mass is 19.1. The zero-order valence-corrected chi connectivity index (χ0v) is 12.1. The van der Waals surface area contributed by atoms with Crippen LogP contribution in [0.3, 0.4) is 0 Å². The van der Waals surface area contributed by atoms with Crippen molar-refractivity contribution in [2.45, 2.75) is 19.0 Å². The molecule has 1 aromatic rings. The van der Waals surface area contributed by atoms with Crippen LogP contribution in [0.2, 0.25) is 0 Å². The molecule has 0 aliphatic carbocycles. The third kappa shape index (κ3) is 5.14. The number of likely N-dealkylation sites (N-methyl/N-ethyl adjacent to an activating group) is 1. The van der Waals surface area contributed by atoms with E-state index in [1.54, 1.807) is 13.0 Å². The summed E-state index contributed by atoms with van der Waals surface area (Å²) >= 11 is 0. The van der Waals surface area contributed by atoms with Crippen LogP contribution in [0.5, 0.6) is 0 Å². The monoisotopic (exact) mass is 283 g/mol. The molecule has 3 N–H and O–H groups in total. The van der Waals surface area contributed by atoms with Gasteiger partial charge in [0.15, 0.2) is 0 Å². The number of rotatable bonds is 6. The standard InChI is InChI=1S/C14H22FN3O2/c1-10(9-19)17-14(20)16-8-13(18(2)3)11-5-4-6-12(15)7-11/h4-7,10,13,19H,8-9H2,1-3H3,(H2,16,17,20)/t10-,13?/m0/s1. The first-order chi connectivity index (χ1) is 9.43. The minimum absolute atomic E-state index is 0.117. The van der Waals surface area contributed by atoms with E-state index in [2.05, 4.69) is 10.6 Å². The van der Waals surface area contributed by atoms with Crippen molar-refractivity contribution >= 4 is 6.03 Å². The molecule has 0 aliphatic heterocycles. The Kier molecular flexibility index (Phi) is 6.41. The van der Waals surface area contributed by atoms with Crippen molar-refractivity contribution < 1.29 is 14.3 Å². The van der Waals surface area contributed by atoms with Gasteiger partial charge in [-0.25, -0.2) is 9.18 Å². The summed E-state index contributed by atoms with van der Waals surface area (Å²) in [6.45, 7) is 1.93. The minimum atomic E-state index is -0.352. The minimum Gasteiger partial charge on any atom is -0.394 e. The molecule has 6 heteroatoms. The first-order valence-electron chi connectivity index (χ1n) is 6.51. The highest BCUT2D eigenvalue weighted by molar-refractivity contribution is 5.74. The number of halogens is 1. The van der Waals surface area contributed by atoms with Crippen LogP contribution < -0.4 is 10.6 Å². The first-order valence-corrected chi connectivity index (χ1v) is 6.51. The molecule has 2 amide bonds. The van der Waals surface area contributed by atoms with Gasteiger partial charge in [0.05, 0.1) is 18.7 Å². The molecule has 5 nitrogen and oxygen atoms in total. The zero-order valence-electron chi connectivity index (χ0n) is 12.1. The van der Waals surface area contributed by atoms with E-state index in [0.717, 1.165) is 5.56 Å². The van der Waals surface area contributed by atoms with E-state index in [1.807, 2.05) is 25.1 Å². The lowest BCUT2D eigenvalue weighted by Gasteiger charge is -2.25. The largest absolute Gasteiger partial charge is 0.394 e. The fourth-order valence-corrected chi connectivity index (χ4v) is 1.82. The molecule has 0 fully saturated rings. The van der Waals surface area contributed by atoms with Gasteiger partial charge in [-0.2, -0.15) is 0 Å². The van der Waals surface area contributed by atoms with E-state index in [0.29, 0.717) is 6.54 Å². The number of carbonyl (C=O) groups excluding carboxylic acids is 1. The van der Waals surface area contributed by atoms with Gasteiger partial charge in [0.25, 0.3) is 0 Å². The van der Waals surface area contributed by atoms with Gasteiger partial charge in [-0.05, 0) is 38.7 Å². The third-order valence-corrected chi connectivity index (χ3v) is 2.96. The van der Waals surface area contributed by atoms with Crippen LogP contribution in [0.25, 0.3) is 0 Å². The maximum absolute atomic E-state index is 13.3. The molecule has 0 aromatic heterocycles. The van der Waals surface area contributed by atoms with Crippen molar-refractivity contribution in [3.8, 4) is 0 Å². The first kappa shape index (κ1) is 16.4. The zero-order chi connectivity index (χ0) is 15.1. The number of hydrogen-bond donors (Lipinski definition) is 3. The van der Waals surface area contributed by atoms with Crippen LogP contribution in [-0.2, 0) is 0 Å². The topological polar surface area (TPSA) is 64.6 Å². The number of urea groups is 1. The van der Waals surface area contributed by atoms with Crippen LogP contribution in [0, 0.1) is 5.82 Å². The second kappa shape index (κ2) is 7.81. The number of hydrogen-bond acceptors (Lipinski definition) is 3. The summed E-state index contributed by atoms with van der Waals surface area (Å²) in [5, 5.41) is 14.2. The Hall–Kier alpha value is -1.66. The number of carbonyl (C=O) groups is 1. The van der Waals surface area contributed by atoms with Gasteiger partial charge in [0, 0.05) is 6.54 Å². The van der Waals surface area contributed by atoms with Crippen molar-refractivity contribution in [1.29, 1.82) is 0 Å². The van der Waals surface area contributed by atoms with Crippen LogP contribution in [-0.4, -0.2) is 49.3 Å². The Labute approximate surface area is 118 Å². The lowest BCUT2D eigenvalue weighted by Crippen LogP contribution is -2.44. The maximum Gasteiger partial charge on any atom is 0.315 e. The van der Waals surface area contributed by atoms with E-state index in [-0.39, 0.29) is 30.5 Å². The van der Waals surface area contributed by atoms with Gasteiger partial charge in [-0.1, -0.05) is 12.1 Å². The predicted molar refractivity (Wildman–Crippen MR) is 75.9 cm³/mol. The molecule has 20 heavy (non-hydrogen) atoms. The van der Waals surface area contributed by atoms with E-state index in [1.165, 1.54) is 12.1 Å². The van der Waals surface area contributed by atoms with E-state index < -0.39 is 0 Å². The van der Waals surface area contributed by atoms with Crippen LogP contribution >= 0.6 is 0 Å². The molecule has 1 rings (SSSR count). The fraction of sp³-hybridized carbons (Fsp3) is 0.500. The summed E-state index contributed by atoms with van der Waals surface area (Å²) < 4.78 is 13.3. The molecule has 0 bridgehead atoms. The smallest absolute Gasteiger partial charge is 0.315 e. The SMILES string of the molecule is C[C@@H](CO)NC(=O)NCC(c1cccc(F)c1)N(C)C. The molecule has 1 unspecified atom stereocenters. The molecule has 0 spiro atoms. The van der Waals surface area contributed by atoms with Crippen molar-refractivity contribution in [3.05, 3.63) is 35.6 Å². The maximum atomic E-state index is 13.3. The highest BCUT2D eigenvalue weighted by Crippen LogP contribution is 2.18. The Balaban J connectivity index is 2.63. The summed E-state index contributed by atoms with van der Waals surface area (Å²) in [5.41, 5.74) is 0.797. The van der Waals surface area contributed by atoms with Crippen molar-refractivity contribution in [1.82, 2.24) is 15.5 Å². The Morgan fingerprint density at radius 3 is 2.70 bits per heavy atom. The van der Waals surface area contributed by atoms with E-state index in [4.69, 9.17) is 5.11 Å². The second-order valence-electron chi connectivity index (χ2n) is 4.97. The quantitative estimate of drug-likeness (QED) is 0.733. The van der Waals surface area contributed by atoms with Gasteiger partial charge in [-0.15, -0.1) is 0 Å². The summed E-state index contributed by atoms with van der Waals surface area (Å²) in [7, 11) is 3.73. The van der Waals surface area contributed by atoms with E-state index >= 15 is 0 Å². The molecule has 2 atom stereocenters. The molecule has 0 aliphatic rings. The number of amides is 2. The molecule has 112 valence electrons. The molecule has 0 heterocycles. The number of nitrogens with zero attached hydrogens (tertiary/aromatic N) is 1. The normalized spacial score (nSPS) is 13.9. The second-order valence-corrected chi connectivity index (χ2v) is 4.97. The fourth-order valence-electron chi connectivity index (χ4n) is 1.82. The number of aliphatic hydroxyl groups is 1. The van der Waals surface area contributed by atoms with Crippen LogP contribution in [0.1, 0.15) is 18.5 Å². The average molecular weight is 283 g/mol. The lowest BCUT2D eigenvalue weighted by atomic mass is 10.1. The van der Waals surface area contributed by atoms with Crippen molar-refractivity contribution in [2.24, 2.45) is 0 Å². The van der Waals surface area contributed by atoms with Gasteiger partial charge < -0.3 is 20.6 Å². The number of aliphatic hydroxyl groups excluding tert-OH is 1. The molecule has 0 radical (unpaired) electrons. The van der Waals surface area contributed by atoms with Gasteiger partial charge in [-0.3, -0.25) is 0 Å². The highest BCUT2D eigenvalue weighted by Gasteiger charge is 2.16. The van der Waals surface area contributed by atoms with Crippen LogP contribution in [0.4, 0.5) is 9.18 Å². The summed E-state index contributed by atoms with van der Waals surface area (Å²) in [6, 6.07) is 5.54. The van der Waals surface area contributed by atoms with Gasteiger partial charge in [0.1, 0.15) is 5.82 Å². The number of nitrogens with one attached hydrogen (secondary N) is 2. The van der Waals surface area contributed by atoms with Gasteiger partial charge in [0.2, 0.25) is 0 Å².